The van der Waals surface area contributed by atoms with Gasteiger partial charge in [-0.2, -0.15) is 0 Å². The minimum absolute atomic E-state index is 0.164. The molecule has 2 atom stereocenters. The van der Waals surface area contributed by atoms with Crippen molar-refractivity contribution in [1.82, 2.24) is 4.90 Å². The maximum absolute atomic E-state index is 11.3. The number of carbonyl (C=O) groups excluding carboxylic acids is 1. The van der Waals surface area contributed by atoms with E-state index >= 15 is 0 Å². The molecule has 0 heterocycles. The largest absolute Gasteiger partial charge is 0.468 e. The maximum atomic E-state index is 11.3. The molecule has 0 aromatic carbocycles. The normalized spacial score (nSPS) is 26.5. The molecule has 2 N–H and O–H groups in total. The van der Waals surface area contributed by atoms with Gasteiger partial charge in [0.2, 0.25) is 0 Å². The van der Waals surface area contributed by atoms with Crippen LogP contribution in [0.5, 0.6) is 0 Å². The number of rotatable bonds is 4. The molecule has 2 unspecified atom stereocenters. The lowest BCUT2D eigenvalue weighted by molar-refractivity contribution is -0.142. The van der Waals surface area contributed by atoms with E-state index in [-0.39, 0.29) is 5.97 Å². The van der Waals surface area contributed by atoms with E-state index in [4.69, 9.17) is 10.5 Å². The number of esters is 1. The quantitative estimate of drug-likeness (QED) is 0.576. The first-order chi connectivity index (χ1) is 7.69. The van der Waals surface area contributed by atoms with Crippen LogP contribution in [0.25, 0.3) is 0 Å². The van der Waals surface area contributed by atoms with Gasteiger partial charge in [0.15, 0.2) is 0 Å². The van der Waals surface area contributed by atoms with Crippen molar-refractivity contribution in [2.24, 2.45) is 11.7 Å². The molecule has 94 valence electrons. The number of ether oxygens (including phenoxy) is 1. The van der Waals surface area contributed by atoms with E-state index in [0.29, 0.717) is 18.5 Å². The summed E-state index contributed by atoms with van der Waals surface area (Å²) in [4.78, 5) is 13.4. The summed E-state index contributed by atoms with van der Waals surface area (Å²) in [5.41, 5.74) is 5.82. The van der Waals surface area contributed by atoms with Crippen molar-refractivity contribution >= 4 is 5.97 Å². The second-order valence-electron chi connectivity index (χ2n) is 4.69. The number of hydrogen-bond acceptors (Lipinski definition) is 4. The number of methoxy groups -OCH3 is 1. The topological polar surface area (TPSA) is 55.6 Å². The molecule has 1 rings (SSSR count). The SMILES string of the molecule is COC(=O)CN(C)C1CCCCCC1CN. The van der Waals surface area contributed by atoms with Gasteiger partial charge >= 0.3 is 5.97 Å². The first kappa shape index (κ1) is 13.5. The molecule has 4 heteroatoms. The average Bonchev–Trinajstić information content (AvgIpc) is 2.53. The van der Waals surface area contributed by atoms with Crippen LogP contribution in [-0.2, 0) is 9.53 Å². The van der Waals surface area contributed by atoms with E-state index in [2.05, 4.69) is 4.90 Å². The molecule has 0 radical (unpaired) electrons. The zero-order valence-corrected chi connectivity index (χ0v) is 10.4. The van der Waals surface area contributed by atoms with Crippen LogP contribution in [0, 0.1) is 5.92 Å². The third kappa shape index (κ3) is 3.76. The van der Waals surface area contributed by atoms with E-state index in [0.717, 1.165) is 13.0 Å². The van der Waals surface area contributed by atoms with E-state index in [9.17, 15) is 4.79 Å². The Morgan fingerprint density at radius 3 is 2.69 bits per heavy atom. The molecule has 1 aliphatic carbocycles. The zero-order valence-electron chi connectivity index (χ0n) is 10.4. The first-order valence-corrected chi connectivity index (χ1v) is 6.16. The smallest absolute Gasteiger partial charge is 0.319 e. The van der Waals surface area contributed by atoms with Crippen LogP contribution in [-0.4, -0.2) is 44.2 Å². The highest BCUT2D eigenvalue weighted by Gasteiger charge is 2.27. The minimum Gasteiger partial charge on any atom is -0.468 e. The van der Waals surface area contributed by atoms with Crippen LogP contribution >= 0.6 is 0 Å². The summed E-state index contributed by atoms with van der Waals surface area (Å²) in [6, 6.07) is 0.437. The highest BCUT2D eigenvalue weighted by atomic mass is 16.5. The molecule has 0 saturated heterocycles. The van der Waals surface area contributed by atoms with Gasteiger partial charge in [-0.25, -0.2) is 0 Å². The molecular formula is C12H24N2O2. The van der Waals surface area contributed by atoms with Crippen molar-refractivity contribution in [3.05, 3.63) is 0 Å². The highest BCUT2D eigenvalue weighted by Crippen LogP contribution is 2.26. The number of nitrogens with zero attached hydrogens (tertiary/aromatic N) is 1. The van der Waals surface area contributed by atoms with Crippen LogP contribution in [0.4, 0.5) is 0 Å². The Bertz CT molecular complexity index is 221. The van der Waals surface area contributed by atoms with Gasteiger partial charge in [0.05, 0.1) is 13.7 Å². The van der Waals surface area contributed by atoms with E-state index in [1.165, 1.54) is 32.8 Å². The third-order valence-corrected chi connectivity index (χ3v) is 3.59. The summed E-state index contributed by atoms with van der Waals surface area (Å²) in [7, 11) is 3.43. The van der Waals surface area contributed by atoms with Crippen molar-refractivity contribution < 1.29 is 9.53 Å². The average molecular weight is 228 g/mol. The molecule has 0 aromatic rings. The number of hydrogen-bond donors (Lipinski definition) is 1. The number of carbonyl (C=O) groups is 1. The summed E-state index contributed by atoms with van der Waals surface area (Å²) < 4.78 is 4.70. The molecule has 0 aromatic heterocycles. The monoisotopic (exact) mass is 228 g/mol. The Balaban J connectivity index is 2.55. The maximum Gasteiger partial charge on any atom is 0.319 e. The molecule has 4 nitrogen and oxygen atoms in total. The summed E-state index contributed by atoms with van der Waals surface area (Å²) in [6.45, 7) is 1.09. The van der Waals surface area contributed by atoms with Gasteiger partial charge < -0.3 is 10.5 Å². The zero-order chi connectivity index (χ0) is 12.0. The predicted octanol–water partition coefficient (Wildman–Crippen LogP) is 0.999. The lowest BCUT2D eigenvalue weighted by Crippen LogP contribution is -2.43. The van der Waals surface area contributed by atoms with Gasteiger partial charge in [-0.15, -0.1) is 0 Å². The lowest BCUT2D eigenvalue weighted by Gasteiger charge is -2.32. The number of likely N-dealkylation sites (N-methyl/N-ethyl adjacent to an activating group) is 1. The van der Waals surface area contributed by atoms with Crippen LogP contribution in [0.15, 0.2) is 0 Å². The van der Waals surface area contributed by atoms with Crippen LogP contribution < -0.4 is 5.73 Å². The van der Waals surface area contributed by atoms with Crippen LogP contribution in [0.1, 0.15) is 32.1 Å². The second kappa shape index (κ2) is 6.86. The van der Waals surface area contributed by atoms with E-state index in [1.807, 2.05) is 7.05 Å². The molecule has 0 bridgehead atoms. The van der Waals surface area contributed by atoms with Crippen molar-refractivity contribution in [2.75, 3.05) is 27.2 Å². The highest BCUT2D eigenvalue weighted by molar-refractivity contribution is 5.71. The van der Waals surface area contributed by atoms with Crippen LogP contribution in [0.3, 0.4) is 0 Å². The van der Waals surface area contributed by atoms with Gasteiger partial charge in [-0.1, -0.05) is 19.3 Å². The van der Waals surface area contributed by atoms with E-state index < -0.39 is 0 Å². The third-order valence-electron chi connectivity index (χ3n) is 3.59. The fourth-order valence-corrected chi connectivity index (χ4v) is 2.61. The van der Waals surface area contributed by atoms with Crippen molar-refractivity contribution in [2.45, 2.75) is 38.1 Å². The Hall–Kier alpha value is -0.610. The lowest BCUT2D eigenvalue weighted by atomic mass is 9.94. The molecule has 0 aliphatic heterocycles. The fraction of sp³-hybridized carbons (Fsp3) is 0.917. The second-order valence-corrected chi connectivity index (χ2v) is 4.69. The standard InChI is InChI=1S/C12H24N2O2/c1-14(9-12(15)16-2)11-7-5-3-4-6-10(11)8-13/h10-11H,3-9,13H2,1-2H3. The van der Waals surface area contributed by atoms with E-state index in [1.54, 1.807) is 0 Å². The molecule has 0 amide bonds. The van der Waals surface area contributed by atoms with Gasteiger partial charge in [-0.05, 0) is 32.4 Å². The van der Waals surface area contributed by atoms with Gasteiger partial charge in [0.25, 0.3) is 0 Å². The molecule has 1 aliphatic rings. The summed E-state index contributed by atoms with van der Waals surface area (Å²) in [6.07, 6.45) is 6.14. The Labute approximate surface area is 98.1 Å². The molecule has 1 fully saturated rings. The fourth-order valence-electron chi connectivity index (χ4n) is 2.61. The molecule has 0 spiro atoms. The van der Waals surface area contributed by atoms with Crippen molar-refractivity contribution in [3.63, 3.8) is 0 Å². The van der Waals surface area contributed by atoms with Gasteiger partial charge in [0.1, 0.15) is 0 Å². The molecule has 1 saturated carbocycles. The predicted molar refractivity (Wildman–Crippen MR) is 64.1 cm³/mol. The number of nitrogens with two attached hydrogens (primary N) is 1. The Morgan fingerprint density at radius 1 is 1.38 bits per heavy atom. The van der Waals surface area contributed by atoms with Crippen molar-refractivity contribution in [3.8, 4) is 0 Å². The minimum atomic E-state index is -0.164. The van der Waals surface area contributed by atoms with Crippen LogP contribution in [0.2, 0.25) is 0 Å². The molecular weight excluding hydrogens is 204 g/mol. The molecule has 16 heavy (non-hydrogen) atoms. The summed E-state index contributed by atoms with van der Waals surface area (Å²) >= 11 is 0. The van der Waals surface area contributed by atoms with Gasteiger partial charge in [-0.3, -0.25) is 9.69 Å². The van der Waals surface area contributed by atoms with Gasteiger partial charge in [0, 0.05) is 6.04 Å². The Kier molecular flexibility index (Phi) is 5.77. The summed E-state index contributed by atoms with van der Waals surface area (Å²) in [5.74, 6) is 0.361. The summed E-state index contributed by atoms with van der Waals surface area (Å²) in [5, 5.41) is 0. The Morgan fingerprint density at radius 2 is 2.06 bits per heavy atom. The first-order valence-electron chi connectivity index (χ1n) is 6.16. The van der Waals surface area contributed by atoms with Crippen molar-refractivity contribution in [1.29, 1.82) is 0 Å².